The maximum atomic E-state index is 13.2. The van der Waals surface area contributed by atoms with Gasteiger partial charge >= 0.3 is 6.03 Å². The molecule has 0 radical (unpaired) electrons. The zero-order chi connectivity index (χ0) is 25.7. The van der Waals surface area contributed by atoms with Crippen LogP contribution in [0.1, 0.15) is 49.3 Å². The van der Waals surface area contributed by atoms with Crippen molar-refractivity contribution in [3.63, 3.8) is 0 Å². The van der Waals surface area contributed by atoms with Crippen molar-refractivity contribution in [1.82, 2.24) is 10.2 Å². The number of rotatable bonds is 9. The van der Waals surface area contributed by atoms with Gasteiger partial charge in [0.15, 0.2) is 11.5 Å². The molecular weight excluding hydrogens is 571 g/mol. The molecule has 4 rings (SSSR count). The highest BCUT2D eigenvalue weighted by atomic mass is 127. The van der Waals surface area contributed by atoms with Crippen LogP contribution in [0.15, 0.2) is 54.6 Å². The third kappa shape index (κ3) is 5.80. The van der Waals surface area contributed by atoms with Crippen LogP contribution in [0.5, 0.6) is 11.5 Å². The van der Waals surface area contributed by atoms with E-state index in [1.54, 1.807) is 12.1 Å². The number of nitrogens with one attached hydrogen (secondary N) is 1. The molecule has 7 nitrogen and oxygen atoms in total. The Morgan fingerprint density at radius 1 is 1.11 bits per heavy atom. The molecule has 1 saturated carbocycles. The number of carbonyl (C=O) groups is 3. The van der Waals surface area contributed by atoms with Crippen LogP contribution < -0.4 is 14.8 Å². The first kappa shape index (κ1) is 25.9. The third-order valence-corrected chi connectivity index (χ3v) is 6.97. The van der Waals surface area contributed by atoms with E-state index >= 15 is 0 Å². The standard InChI is InChI=1S/C28H29IN2O5/c1-3-7-20-14-19(15-23-26(32)30-28(34)31(27(23)33)22-8-5-6-9-22)16-24(35-4-2)25(20)36-17-18-10-12-21(29)13-11-18/h3,10-16,22H,1,4-9,17H2,2H3,(H,30,32,34)/b23-15+. The van der Waals surface area contributed by atoms with E-state index in [0.29, 0.717) is 36.7 Å². The quantitative estimate of drug-likeness (QED) is 0.180. The van der Waals surface area contributed by atoms with Gasteiger partial charge in [-0.1, -0.05) is 31.1 Å². The smallest absolute Gasteiger partial charge is 0.331 e. The molecule has 0 unspecified atom stereocenters. The number of urea groups is 1. The summed E-state index contributed by atoms with van der Waals surface area (Å²) in [4.78, 5) is 39.5. The average Bonchev–Trinajstić information content (AvgIpc) is 3.37. The molecule has 1 N–H and O–H groups in total. The number of imide groups is 2. The molecule has 4 amide bonds. The molecule has 2 fully saturated rings. The first-order chi connectivity index (χ1) is 17.4. The molecule has 1 aliphatic carbocycles. The van der Waals surface area contributed by atoms with E-state index < -0.39 is 17.8 Å². The number of nitrogens with zero attached hydrogens (tertiary/aromatic N) is 1. The highest BCUT2D eigenvalue weighted by molar-refractivity contribution is 14.1. The fraction of sp³-hybridized carbons (Fsp3) is 0.321. The monoisotopic (exact) mass is 600 g/mol. The first-order valence-corrected chi connectivity index (χ1v) is 13.2. The van der Waals surface area contributed by atoms with Gasteiger partial charge in [0, 0.05) is 15.2 Å². The molecule has 2 aromatic rings. The van der Waals surface area contributed by atoms with Gasteiger partial charge < -0.3 is 9.47 Å². The molecule has 1 aliphatic heterocycles. The van der Waals surface area contributed by atoms with Crippen molar-refractivity contribution >= 4 is 46.5 Å². The van der Waals surface area contributed by atoms with Gasteiger partial charge in [-0.05, 0) is 90.2 Å². The molecule has 2 aromatic carbocycles. The van der Waals surface area contributed by atoms with Gasteiger partial charge in [0.2, 0.25) is 0 Å². The Morgan fingerprint density at radius 3 is 2.50 bits per heavy atom. The summed E-state index contributed by atoms with van der Waals surface area (Å²) in [6.07, 6.45) is 7.22. The predicted octanol–water partition coefficient (Wildman–Crippen LogP) is 5.40. The van der Waals surface area contributed by atoms with Crippen LogP contribution in [0, 0.1) is 3.57 Å². The highest BCUT2D eigenvalue weighted by Crippen LogP contribution is 2.36. The molecule has 188 valence electrons. The fourth-order valence-corrected chi connectivity index (χ4v) is 4.93. The van der Waals surface area contributed by atoms with Crippen molar-refractivity contribution in [1.29, 1.82) is 0 Å². The molecule has 2 aliphatic rings. The Kier molecular flexibility index (Phi) is 8.45. The second-order valence-corrected chi connectivity index (χ2v) is 10.0. The molecular formula is C28H29IN2O5. The van der Waals surface area contributed by atoms with Crippen LogP contribution >= 0.6 is 22.6 Å². The minimum absolute atomic E-state index is 0.0685. The summed E-state index contributed by atoms with van der Waals surface area (Å²) in [5.74, 6) is -0.138. The molecule has 36 heavy (non-hydrogen) atoms. The highest BCUT2D eigenvalue weighted by Gasteiger charge is 2.40. The molecule has 0 bridgehead atoms. The summed E-state index contributed by atoms with van der Waals surface area (Å²) < 4.78 is 13.2. The Hall–Kier alpha value is -3.14. The van der Waals surface area contributed by atoms with Crippen LogP contribution in [0.25, 0.3) is 6.08 Å². The zero-order valence-electron chi connectivity index (χ0n) is 20.2. The molecule has 1 heterocycles. The van der Waals surface area contributed by atoms with Crippen LogP contribution in [0.4, 0.5) is 4.79 Å². The number of carbonyl (C=O) groups excluding carboxylic acids is 3. The molecule has 8 heteroatoms. The summed E-state index contributed by atoms with van der Waals surface area (Å²) in [7, 11) is 0. The minimum atomic E-state index is -0.693. The molecule has 0 aromatic heterocycles. The van der Waals surface area contributed by atoms with Crippen molar-refractivity contribution < 1.29 is 23.9 Å². The first-order valence-electron chi connectivity index (χ1n) is 12.1. The number of halogens is 1. The van der Waals surface area contributed by atoms with E-state index in [4.69, 9.17) is 9.47 Å². The van der Waals surface area contributed by atoms with Gasteiger partial charge in [0.25, 0.3) is 11.8 Å². The lowest BCUT2D eigenvalue weighted by molar-refractivity contribution is -0.131. The zero-order valence-corrected chi connectivity index (χ0v) is 22.4. The van der Waals surface area contributed by atoms with E-state index in [2.05, 4.69) is 34.5 Å². The van der Waals surface area contributed by atoms with Crippen LogP contribution in [-0.4, -0.2) is 35.4 Å². The molecule has 0 atom stereocenters. The maximum absolute atomic E-state index is 13.2. The van der Waals surface area contributed by atoms with Crippen molar-refractivity contribution in [2.45, 2.75) is 51.7 Å². The summed E-state index contributed by atoms with van der Waals surface area (Å²) in [5, 5.41) is 2.33. The number of hydrogen-bond acceptors (Lipinski definition) is 5. The third-order valence-electron chi connectivity index (χ3n) is 6.25. The van der Waals surface area contributed by atoms with Gasteiger partial charge in [-0.25, -0.2) is 4.79 Å². The summed E-state index contributed by atoms with van der Waals surface area (Å²) in [6.45, 7) is 6.51. The Labute approximate surface area is 224 Å². The lowest BCUT2D eigenvalue weighted by Crippen LogP contribution is -2.57. The lowest BCUT2D eigenvalue weighted by Gasteiger charge is -2.31. The van der Waals surface area contributed by atoms with Crippen LogP contribution in [0.2, 0.25) is 0 Å². The molecule has 1 saturated heterocycles. The van der Waals surface area contributed by atoms with Gasteiger partial charge in [0.05, 0.1) is 6.61 Å². The normalized spacial score (nSPS) is 17.4. The van der Waals surface area contributed by atoms with E-state index in [-0.39, 0.29) is 11.6 Å². The number of benzene rings is 2. The number of amides is 4. The largest absolute Gasteiger partial charge is 0.490 e. The summed E-state index contributed by atoms with van der Waals surface area (Å²) >= 11 is 2.26. The van der Waals surface area contributed by atoms with Crippen molar-refractivity contribution in [3.8, 4) is 11.5 Å². The number of barbiturate groups is 1. The number of ether oxygens (including phenoxy) is 2. The van der Waals surface area contributed by atoms with Crippen LogP contribution in [0.3, 0.4) is 0 Å². The second-order valence-electron chi connectivity index (χ2n) is 8.78. The van der Waals surface area contributed by atoms with Gasteiger partial charge in [-0.15, -0.1) is 6.58 Å². The van der Waals surface area contributed by atoms with Crippen molar-refractivity contribution in [2.75, 3.05) is 6.61 Å². The van der Waals surface area contributed by atoms with E-state index in [9.17, 15) is 14.4 Å². The van der Waals surface area contributed by atoms with E-state index in [1.165, 1.54) is 11.0 Å². The number of allylic oxidation sites excluding steroid dienone is 1. The molecule has 0 spiro atoms. The number of hydrogen-bond donors (Lipinski definition) is 1. The average molecular weight is 600 g/mol. The Bertz CT molecular complexity index is 1200. The van der Waals surface area contributed by atoms with Gasteiger partial charge in [-0.2, -0.15) is 0 Å². The minimum Gasteiger partial charge on any atom is -0.490 e. The Balaban J connectivity index is 1.68. The van der Waals surface area contributed by atoms with E-state index in [0.717, 1.165) is 40.4 Å². The lowest BCUT2D eigenvalue weighted by atomic mass is 10.0. The van der Waals surface area contributed by atoms with Gasteiger partial charge in [-0.3, -0.25) is 19.8 Å². The van der Waals surface area contributed by atoms with Crippen molar-refractivity contribution in [3.05, 3.63) is 74.9 Å². The summed E-state index contributed by atoms with van der Waals surface area (Å²) in [6, 6.07) is 10.9. The predicted molar refractivity (Wildman–Crippen MR) is 146 cm³/mol. The second kappa shape index (κ2) is 11.7. The van der Waals surface area contributed by atoms with Gasteiger partial charge in [0.1, 0.15) is 12.2 Å². The topological polar surface area (TPSA) is 84.9 Å². The fourth-order valence-electron chi connectivity index (χ4n) is 4.57. The maximum Gasteiger partial charge on any atom is 0.331 e. The summed E-state index contributed by atoms with van der Waals surface area (Å²) in [5.41, 5.74) is 2.38. The Morgan fingerprint density at radius 2 is 1.83 bits per heavy atom. The van der Waals surface area contributed by atoms with Crippen LogP contribution in [-0.2, 0) is 22.6 Å². The van der Waals surface area contributed by atoms with Crippen molar-refractivity contribution in [2.24, 2.45) is 0 Å². The van der Waals surface area contributed by atoms with E-state index in [1.807, 2.05) is 37.3 Å². The SMILES string of the molecule is C=CCc1cc(/C=C2\C(=O)NC(=O)N(C3CCCC3)C2=O)cc(OCC)c1OCc1ccc(I)cc1.